The first-order valence-corrected chi connectivity index (χ1v) is 7.22. The van der Waals surface area contributed by atoms with E-state index < -0.39 is 0 Å². The van der Waals surface area contributed by atoms with Crippen LogP contribution in [0.2, 0.25) is 10.0 Å². The summed E-state index contributed by atoms with van der Waals surface area (Å²) < 4.78 is 2.10. The van der Waals surface area contributed by atoms with Gasteiger partial charge in [-0.2, -0.15) is 0 Å². The number of rotatable bonds is 5. The summed E-state index contributed by atoms with van der Waals surface area (Å²) >= 11 is 12.3. The molecule has 0 spiro atoms. The van der Waals surface area contributed by atoms with Crippen molar-refractivity contribution in [3.63, 3.8) is 0 Å². The van der Waals surface area contributed by atoms with Crippen molar-refractivity contribution in [3.8, 4) is 0 Å². The Morgan fingerprint density at radius 2 is 2.05 bits per heavy atom. The van der Waals surface area contributed by atoms with Gasteiger partial charge in [-0.3, -0.25) is 0 Å². The summed E-state index contributed by atoms with van der Waals surface area (Å²) in [6, 6.07) is 5.76. The van der Waals surface area contributed by atoms with Crippen molar-refractivity contribution in [2.45, 2.75) is 32.7 Å². The Kier molecular flexibility index (Phi) is 4.89. The summed E-state index contributed by atoms with van der Waals surface area (Å²) in [5, 5.41) is 1.43. The van der Waals surface area contributed by atoms with Gasteiger partial charge >= 0.3 is 0 Å². The van der Waals surface area contributed by atoms with E-state index >= 15 is 0 Å². The topological polar surface area (TPSA) is 17.8 Å². The van der Waals surface area contributed by atoms with Crippen molar-refractivity contribution in [3.05, 3.63) is 52.5 Å². The number of aromatic nitrogens is 2. The van der Waals surface area contributed by atoms with Crippen LogP contribution in [0.1, 0.15) is 31.7 Å². The second kappa shape index (κ2) is 6.44. The van der Waals surface area contributed by atoms with Gasteiger partial charge in [-0.25, -0.2) is 4.98 Å². The zero-order chi connectivity index (χ0) is 13.8. The van der Waals surface area contributed by atoms with Gasteiger partial charge in [0.2, 0.25) is 0 Å². The molecule has 1 atom stereocenters. The van der Waals surface area contributed by atoms with Crippen molar-refractivity contribution >= 4 is 23.2 Å². The smallest absolute Gasteiger partial charge is 0.0946 e. The molecule has 0 N–H and O–H groups in total. The lowest BCUT2D eigenvalue weighted by Gasteiger charge is -2.21. The van der Waals surface area contributed by atoms with E-state index in [9.17, 15) is 0 Å². The van der Waals surface area contributed by atoms with Gasteiger partial charge in [0, 0.05) is 34.9 Å². The summed E-state index contributed by atoms with van der Waals surface area (Å²) in [7, 11) is 0. The van der Waals surface area contributed by atoms with Crippen molar-refractivity contribution < 1.29 is 0 Å². The molecule has 1 aromatic heterocycles. The first-order valence-electron chi connectivity index (χ1n) is 6.47. The van der Waals surface area contributed by atoms with Crippen LogP contribution in [0, 0.1) is 5.92 Å². The minimum absolute atomic E-state index is 0.374. The largest absolute Gasteiger partial charge is 0.337 e. The molecule has 0 aliphatic carbocycles. The van der Waals surface area contributed by atoms with Crippen LogP contribution in [0.25, 0.3) is 0 Å². The number of imidazole rings is 1. The predicted molar refractivity (Wildman–Crippen MR) is 80.9 cm³/mol. The lowest BCUT2D eigenvalue weighted by molar-refractivity contribution is 0.449. The number of hydrogen-bond donors (Lipinski definition) is 0. The monoisotopic (exact) mass is 296 g/mol. The Hall–Kier alpha value is -0.990. The molecule has 4 heteroatoms. The SMILES string of the molecule is CC(C)CC(Cn1ccnc1)c1ccc(Cl)cc1Cl. The summed E-state index contributed by atoms with van der Waals surface area (Å²) in [4.78, 5) is 4.09. The molecule has 0 radical (unpaired) electrons. The molecule has 102 valence electrons. The highest BCUT2D eigenvalue weighted by Gasteiger charge is 2.17. The number of halogens is 2. The van der Waals surface area contributed by atoms with E-state index in [1.54, 1.807) is 6.20 Å². The fraction of sp³-hybridized carbons (Fsp3) is 0.400. The van der Waals surface area contributed by atoms with Gasteiger partial charge in [0.25, 0.3) is 0 Å². The van der Waals surface area contributed by atoms with E-state index in [2.05, 4.69) is 23.4 Å². The summed E-state index contributed by atoms with van der Waals surface area (Å²) in [5.74, 6) is 0.985. The van der Waals surface area contributed by atoms with E-state index in [-0.39, 0.29) is 0 Å². The second-order valence-electron chi connectivity index (χ2n) is 5.25. The van der Waals surface area contributed by atoms with Crippen LogP contribution in [0.4, 0.5) is 0 Å². The van der Waals surface area contributed by atoms with Crippen molar-refractivity contribution in [2.24, 2.45) is 5.92 Å². The van der Waals surface area contributed by atoms with Gasteiger partial charge < -0.3 is 4.57 Å². The standard InChI is InChI=1S/C15H18Cl2N2/c1-11(2)7-12(9-19-6-5-18-10-19)14-4-3-13(16)8-15(14)17/h3-6,8,10-12H,7,9H2,1-2H3. The van der Waals surface area contributed by atoms with E-state index in [0.29, 0.717) is 16.9 Å². The number of benzene rings is 1. The van der Waals surface area contributed by atoms with Gasteiger partial charge in [-0.1, -0.05) is 43.1 Å². The highest BCUT2D eigenvalue weighted by atomic mass is 35.5. The lowest BCUT2D eigenvalue weighted by Crippen LogP contribution is -2.11. The normalized spacial score (nSPS) is 12.9. The summed E-state index contributed by atoms with van der Waals surface area (Å²) in [5.41, 5.74) is 1.16. The molecule has 0 bridgehead atoms. The molecule has 0 aliphatic heterocycles. The minimum atomic E-state index is 0.374. The molecule has 0 aliphatic rings. The van der Waals surface area contributed by atoms with Crippen LogP contribution < -0.4 is 0 Å². The van der Waals surface area contributed by atoms with Crippen molar-refractivity contribution in [2.75, 3.05) is 0 Å². The molecule has 19 heavy (non-hydrogen) atoms. The number of nitrogens with zero attached hydrogens (tertiary/aromatic N) is 2. The van der Waals surface area contributed by atoms with Crippen molar-refractivity contribution in [1.82, 2.24) is 9.55 Å². The van der Waals surface area contributed by atoms with E-state index in [4.69, 9.17) is 23.2 Å². The van der Waals surface area contributed by atoms with Crippen LogP contribution in [-0.2, 0) is 6.54 Å². The van der Waals surface area contributed by atoms with Crippen LogP contribution in [-0.4, -0.2) is 9.55 Å². The van der Waals surface area contributed by atoms with Crippen LogP contribution in [0.3, 0.4) is 0 Å². The molecule has 1 aromatic carbocycles. The Morgan fingerprint density at radius 3 is 2.63 bits per heavy atom. The minimum Gasteiger partial charge on any atom is -0.337 e. The van der Waals surface area contributed by atoms with E-state index in [1.165, 1.54) is 0 Å². The maximum Gasteiger partial charge on any atom is 0.0946 e. The molecule has 0 saturated carbocycles. The predicted octanol–water partition coefficient (Wildman–Crippen LogP) is 5.02. The first-order chi connectivity index (χ1) is 9.06. The van der Waals surface area contributed by atoms with Gasteiger partial charge in [-0.15, -0.1) is 0 Å². The fourth-order valence-corrected chi connectivity index (χ4v) is 2.91. The number of hydrogen-bond acceptors (Lipinski definition) is 1. The van der Waals surface area contributed by atoms with Crippen LogP contribution in [0.5, 0.6) is 0 Å². The third-order valence-electron chi connectivity index (χ3n) is 3.15. The van der Waals surface area contributed by atoms with Crippen LogP contribution in [0.15, 0.2) is 36.9 Å². The Morgan fingerprint density at radius 1 is 1.26 bits per heavy atom. The quantitative estimate of drug-likeness (QED) is 0.757. The fourth-order valence-electron chi connectivity index (χ4n) is 2.35. The van der Waals surface area contributed by atoms with Gasteiger partial charge in [-0.05, 0) is 30.0 Å². The Labute approximate surface area is 124 Å². The Balaban J connectivity index is 2.25. The molecule has 1 unspecified atom stereocenters. The molecule has 2 aromatic rings. The van der Waals surface area contributed by atoms with E-state index in [1.807, 2.05) is 30.7 Å². The van der Waals surface area contributed by atoms with Crippen LogP contribution >= 0.6 is 23.2 Å². The Bertz CT molecular complexity index is 521. The maximum absolute atomic E-state index is 6.34. The molecular formula is C15H18Cl2N2. The first kappa shape index (κ1) is 14.4. The van der Waals surface area contributed by atoms with Gasteiger partial charge in [0.1, 0.15) is 0 Å². The third kappa shape index (κ3) is 3.99. The molecule has 0 saturated heterocycles. The zero-order valence-electron chi connectivity index (χ0n) is 11.2. The van der Waals surface area contributed by atoms with E-state index in [0.717, 1.165) is 23.6 Å². The molecule has 1 heterocycles. The zero-order valence-corrected chi connectivity index (χ0v) is 12.7. The molecule has 0 fully saturated rings. The molecule has 2 nitrogen and oxygen atoms in total. The molecule has 2 rings (SSSR count). The summed E-state index contributed by atoms with van der Waals surface area (Å²) in [6.45, 7) is 5.34. The highest BCUT2D eigenvalue weighted by Crippen LogP contribution is 2.32. The maximum atomic E-state index is 6.34. The average Bonchev–Trinajstić information content (AvgIpc) is 2.80. The van der Waals surface area contributed by atoms with Gasteiger partial charge in [0.15, 0.2) is 0 Å². The highest BCUT2D eigenvalue weighted by molar-refractivity contribution is 6.35. The van der Waals surface area contributed by atoms with Crippen molar-refractivity contribution in [1.29, 1.82) is 0 Å². The molecule has 0 amide bonds. The third-order valence-corrected chi connectivity index (χ3v) is 3.71. The second-order valence-corrected chi connectivity index (χ2v) is 6.10. The average molecular weight is 297 g/mol. The lowest BCUT2D eigenvalue weighted by atomic mass is 9.90. The van der Waals surface area contributed by atoms with Gasteiger partial charge in [0.05, 0.1) is 6.33 Å². The summed E-state index contributed by atoms with van der Waals surface area (Å²) in [6.07, 6.45) is 6.71. The molecular weight excluding hydrogens is 279 g/mol.